The van der Waals surface area contributed by atoms with Crippen LogP contribution < -0.4 is 10.1 Å². The Bertz CT molecular complexity index is 921. The van der Waals surface area contributed by atoms with Gasteiger partial charge < -0.3 is 15.2 Å². The second-order valence-corrected chi connectivity index (χ2v) is 7.41. The molecule has 3 aromatic rings. The number of aliphatic hydroxyl groups excluding tert-OH is 1. The molecule has 1 saturated carbocycles. The van der Waals surface area contributed by atoms with Crippen LogP contribution in [-0.4, -0.2) is 37.7 Å². The van der Waals surface area contributed by atoms with Gasteiger partial charge in [0, 0.05) is 12.3 Å². The zero-order valence-corrected chi connectivity index (χ0v) is 15.8. The third-order valence-electron chi connectivity index (χ3n) is 4.93. The maximum Gasteiger partial charge on any atom is 0.140 e. The van der Waals surface area contributed by atoms with Gasteiger partial charge in [-0.25, -0.2) is 9.97 Å². The molecule has 2 atom stereocenters. The van der Waals surface area contributed by atoms with E-state index in [-0.39, 0.29) is 18.2 Å². The smallest absolute Gasteiger partial charge is 0.140 e. The molecule has 0 spiro atoms. The lowest BCUT2D eigenvalue weighted by atomic mass is 9.92. The SMILES string of the molecule is CC(C)Oc1ccn2c(-c3cccc(N[C@H]4CCCC[C@@H]4O)n3)cnc2c1. The predicted octanol–water partition coefficient (Wildman–Crippen LogP) is 3.90. The molecule has 1 aliphatic carbocycles. The molecule has 0 aliphatic heterocycles. The maximum atomic E-state index is 10.2. The minimum atomic E-state index is -0.306. The first-order chi connectivity index (χ1) is 13.1. The Hall–Kier alpha value is -2.60. The second kappa shape index (κ2) is 7.56. The van der Waals surface area contributed by atoms with Crippen LogP contribution in [0.1, 0.15) is 39.5 Å². The van der Waals surface area contributed by atoms with Crippen LogP contribution in [0.3, 0.4) is 0 Å². The quantitative estimate of drug-likeness (QED) is 0.717. The molecule has 3 heterocycles. The number of nitrogens with zero attached hydrogens (tertiary/aromatic N) is 3. The van der Waals surface area contributed by atoms with Crippen LogP contribution in [0.4, 0.5) is 5.82 Å². The topological polar surface area (TPSA) is 71.7 Å². The van der Waals surface area contributed by atoms with E-state index in [0.717, 1.165) is 54.3 Å². The first-order valence-electron chi connectivity index (χ1n) is 9.66. The van der Waals surface area contributed by atoms with Crippen LogP contribution in [0.5, 0.6) is 5.75 Å². The van der Waals surface area contributed by atoms with E-state index in [1.54, 1.807) is 0 Å². The molecule has 3 aromatic heterocycles. The first-order valence-corrected chi connectivity index (χ1v) is 9.66. The Labute approximate surface area is 159 Å². The molecular weight excluding hydrogens is 340 g/mol. The average Bonchev–Trinajstić information content (AvgIpc) is 3.07. The van der Waals surface area contributed by atoms with Crippen molar-refractivity contribution in [3.05, 3.63) is 42.7 Å². The Morgan fingerprint density at radius 3 is 2.89 bits per heavy atom. The summed E-state index contributed by atoms with van der Waals surface area (Å²) in [7, 11) is 0. The van der Waals surface area contributed by atoms with E-state index in [1.165, 1.54) is 0 Å². The van der Waals surface area contributed by atoms with Gasteiger partial charge in [-0.2, -0.15) is 0 Å². The third-order valence-corrected chi connectivity index (χ3v) is 4.93. The highest BCUT2D eigenvalue weighted by Gasteiger charge is 2.23. The van der Waals surface area contributed by atoms with E-state index < -0.39 is 0 Å². The van der Waals surface area contributed by atoms with Crippen molar-refractivity contribution in [2.45, 2.75) is 57.8 Å². The lowest BCUT2D eigenvalue weighted by Gasteiger charge is -2.28. The standard InChI is InChI=1S/C21H26N4O2/c1-14(2)27-15-10-11-25-18(13-22-21(25)12-15)16-7-5-9-20(23-16)24-17-6-3-4-8-19(17)26/h5,7,9-14,17,19,26H,3-4,6,8H2,1-2H3,(H,23,24)/t17-,19-/m0/s1. The van der Waals surface area contributed by atoms with Crippen molar-refractivity contribution < 1.29 is 9.84 Å². The molecule has 4 rings (SSSR count). The highest BCUT2D eigenvalue weighted by atomic mass is 16.5. The van der Waals surface area contributed by atoms with Gasteiger partial charge in [0.15, 0.2) is 0 Å². The van der Waals surface area contributed by atoms with Crippen LogP contribution in [0.2, 0.25) is 0 Å². The molecule has 0 amide bonds. The summed E-state index contributed by atoms with van der Waals surface area (Å²) in [5.41, 5.74) is 2.59. The molecule has 6 heteroatoms. The fourth-order valence-electron chi connectivity index (χ4n) is 3.62. The van der Waals surface area contributed by atoms with Crippen molar-refractivity contribution >= 4 is 11.5 Å². The van der Waals surface area contributed by atoms with Crippen molar-refractivity contribution in [2.24, 2.45) is 0 Å². The summed E-state index contributed by atoms with van der Waals surface area (Å²) in [4.78, 5) is 9.25. The highest BCUT2D eigenvalue weighted by Crippen LogP contribution is 2.25. The number of rotatable bonds is 5. The minimum Gasteiger partial charge on any atom is -0.491 e. The zero-order chi connectivity index (χ0) is 18.8. The van der Waals surface area contributed by atoms with E-state index >= 15 is 0 Å². The van der Waals surface area contributed by atoms with Crippen molar-refractivity contribution in [3.8, 4) is 17.1 Å². The number of anilines is 1. The number of imidazole rings is 1. The molecule has 142 valence electrons. The van der Waals surface area contributed by atoms with Crippen LogP contribution >= 0.6 is 0 Å². The molecule has 1 aliphatic rings. The number of ether oxygens (including phenoxy) is 1. The summed E-state index contributed by atoms with van der Waals surface area (Å²) in [6.45, 7) is 4.01. The third kappa shape index (κ3) is 3.90. The summed E-state index contributed by atoms with van der Waals surface area (Å²) >= 11 is 0. The summed E-state index contributed by atoms with van der Waals surface area (Å²) in [5.74, 6) is 1.59. The number of hydrogen-bond acceptors (Lipinski definition) is 5. The average molecular weight is 366 g/mol. The van der Waals surface area contributed by atoms with Crippen LogP contribution in [-0.2, 0) is 0 Å². The Balaban J connectivity index is 1.60. The summed E-state index contributed by atoms with van der Waals surface area (Å²) < 4.78 is 7.76. The molecule has 0 bridgehead atoms. The van der Waals surface area contributed by atoms with Gasteiger partial charge in [0.1, 0.15) is 17.2 Å². The van der Waals surface area contributed by atoms with Crippen LogP contribution in [0.15, 0.2) is 42.7 Å². The van der Waals surface area contributed by atoms with E-state index in [0.29, 0.717) is 0 Å². The Kier molecular flexibility index (Phi) is 4.99. The van der Waals surface area contributed by atoms with Crippen molar-refractivity contribution in [1.82, 2.24) is 14.4 Å². The highest BCUT2D eigenvalue weighted by molar-refractivity contribution is 5.62. The van der Waals surface area contributed by atoms with Gasteiger partial charge >= 0.3 is 0 Å². The first kappa shape index (κ1) is 17.8. The van der Waals surface area contributed by atoms with Gasteiger partial charge in [0.25, 0.3) is 0 Å². The zero-order valence-electron chi connectivity index (χ0n) is 15.8. The molecule has 0 aromatic carbocycles. The normalized spacial score (nSPS) is 20.1. The van der Waals surface area contributed by atoms with Gasteiger partial charge in [-0.3, -0.25) is 4.40 Å². The number of aromatic nitrogens is 3. The van der Waals surface area contributed by atoms with E-state index in [4.69, 9.17) is 9.72 Å². The summed E-state index contributed by atoms with van der Waals surface area (Å²) in [5, 5.41) is 13.6. The largest absolute Gasteiger partial charge is 0.491 e. The van der Waals surface area contributed by atoms with Crippen molar-refractivity contribution in [3.63, 3.8) is 0 Å². The lowest BCUT2D eigenvalue weighted by molar-refractivity contribution is 0.116. The lowest BCUT2D eigenvalue weighted by Crippen LogP contribution is -2.36. The fourth-order valence-corrected chi connectivity index (χ4v) is 3.62. The second-order valence-electron chi connectivity index (χ2n) is 7.41. The van der Waals surface area contributed by atoms with Crippen molar-refractivity contribution in [1.29, 1.82) is 0 Å². The molecule has 0 saturated heterocycles. The van der Waals surface area contributed by atoms with E-state index in [1.807, 2.05) is 61.0 Å². The summed E-state index contributed by atoms with van der Waals surface area (Å²) in [6, 6.07) is 9.85. The van der Waals surface area contributed by atoms with Gasteiger partial charge in [-0.15, -0.1) is 0 Å². The summed E-state index contributed by atoms with van der Waals surface area (Å²) in [6.07, 6.45) is 7.67. The predicted molar refractivity (Wildman–Crippen MR) is 106 cm³/mol. The Morgan fingerprint density at radius 1 is 1.22 bits per heavy atom. The van der Waals surface area contributed by atoms with E-state index in [9.17, 15) is 5.11 Å². The van der Waals surface area contributed by atoms with Crippen LogP contribution in [0.25, 0.3) is 17.0 Å². The number of aliphatic hydroxyl groups is 1. The number of pyridine rings is 2. The van der Waals surface area contributed by atoms with Crippen LogP contribution in [0, 0.1) is 0 Å². The molecule has 2 N–H and O–H groups in total. The fraction of sp³-hybridized carbons (Fsp3) is 0.429. The molecule has 0 unspecified atom stereocenters. The van der Waals surface area contributed by atoms with Gasteiger partial charge in [-0.1, -0.05) is 18.9 Å². The monoisotopic (exact) mass is 366 g/mol. The Morgan fingerprint density at radius 2 is 2.07 bits per heavy atom. The maximum absolute atomic E-state index is 10.2. The molecule has 0 radical (unpaired) electrons. The minimum absolute atomic E-state index is 0.0689. The molecule has 1 fully saturated rings. The molecule has 27 heavy (non-hydrogen) atoms. The number of nitrogens with one attached hydrogen (secondary N) is 1. The van der Waals surface area contributed by atoms with E-state index in [2.05, 4.69) is 10.3 Å². The number of hydrogen-bond donors (Lipinski definition) is 2. The van der Waals surface area contributed by atoms with Crippen molar-refractivity contribution in [2.75, 3.05) is 5.32 Å². The molecular formula is C21H26N4O2. The number of fused-ring (bicyclic) bond motifs is 1. The molecule has 6 nitrogen and oxygen atoms in total. The van der Waals surface area contributed by atoms with Gasteiger partial charge in [-0.05, 0) is 44.9 Å². The van der Waals surface area contributed by atoms with Gasteiger partial charge in [0.2, 0.25) is 0 Å². The van der Waals surface area contributed by atoms with Gasteiger partial charge in [0.05, 0.1) is 35.8 Å².